The number of rotatable bonds is 4. The minimum absolute atomic E-state index is 0.0281. The van der Waals surface area contributed by atoms with E-state index in [1.807, 2.05) is 24.4 Å². The normalized spacial score (nSPS) is 16.8. The SMILES string of the molecule is CC(C)(C)NCC(=O)NC1CCN(c2ccccn2)CC1. The third-order valence-corrected chi connectivity index (χ3v) is 3.61. The number of anilines is 1. The van der Waals surface area contributed by atoms with Crippen molar-refractivity contribution in [1.82, 2.24) is 15.6 Å². The zero-order valence-corrected chi connectivity index (χ0v) is 13.2. The summed E-state index contributed by atoms with van der Waals surface area (Å²) in [5.74, 6) is 1.11. The van der Waals surface area contributed by atoms with Crippen molar-refractivity contribution in [3.63, 3.8) is 0 Å². The largest absolute Gasteiger partial charge is 0.356 e. The molecule has 1 amide bonds. The van der Waals surface area contributed by atoms with Gasteiger partial charge in [-0.3, -0.25) is 4.79 Å². The van der Waals surface area contributed by atoms with Crippen molar-refractivity contribution in [1.29, 1.82) is 0 Å². The molecule has 1 aliphatic heterocycles. The summed E-state index contributed by atoms with van der Waals surface area (Å²) in [7, 11) is 0. The highest BCUT2D eigenvalue weighted by atomic mass is 16.2. The summed E-state index contributed by atoms with van der Waals surface area (Å²) >= 11 is 0. The fourth-order valence-electron chi connectivity index (χ4n) is 2.42. The monoisotopic (exact) mass is 290 g/mol. The molecular weight excluding hydrogens is 264 g/mol. The number of nitrogens with one attached hydrogen (secondary N) is 2. The highest BCUT2D eigenvalue weighted by Crippen LogP contribution is 2.17. The molecule has 0 unspecified atom stereocenters. The molecule has 2 N–H and O–H groups in total. The average Bonchev–Trinajstić information content (AvgIpc) is 2.46. The van der Waals surface area contributed by atoms with Gasteiger partial charge in [-0.1, -0.05) is 6.07 Å². The van der Waals surface area contributed by atoms with Crippen LogP contribution in [0.5, 0.6) is 0 Å². The molecular formula is C16H26N4O. The highest BCUT2D eigenvalue weighted by molar-refractivity contribution is 5.78. The summed E-state index contributed by atoms with van der Waals surface area (Å²) in [5, 5.41) is 6.33. The molecule has 5 nitrogen and oxygen atoms in total. The first-order valence-electron chi connectivity index (χ1n) is 7.64. The molecule has 1 fully saturated rings. The van der Waals surface area contributed by atoms with E-state index in [-0.39, 0.29) is 17.5 Å². The van der Waals surface area contributed by atoms with Crippen molar-refractivity contribution in [3.8, 4) is 0 Å². The molecule has 5 heteroatoms. The first-order chi connectivity index (χ1) is 9.94. The average molecular weight is 290 g/mol. The summed E-state index contributed by atoms with van der Waals surface area (Å²) in [5.41, 5.74) is -0.0281. The molecule has 21 heavy (non-hydrogen) atoms. The van der Waals surface area contributed by atoms with E-state index in [0.717, 1.165) is 31.7 Å². The predicted molar refractivity (Wildman–Crippen MR) is 85.4 cm³/mol. The standard InChI is InChI=1S/C16H26N4O/c1-16(2,3)18-12-15(21)19-13-7-10-20(11-8-13)14-6-4-5-9-17-14/h4-6,9,13,18H,7-8,10-12H2,1-3H3,(H,19,21). The molecule has 2 heterocycles. The number of hydrogen-bond acceptors (Lipinski definition) is 4. The zero-order valence-electron chi connectivity index (χ0n) is 13.2. The molecule has 116 valence electrons. The van der Waals surface area contributed by atoms with Gasteiger partial charge in [0, 0.05) is 30.9 Å². The first kappa shape index (κ1) is 15.8. The maximum absolute atomic E-state index is 11.9. The lowest BCUT2D eigenvalue weighted by atomic mass is 10.0. The van der Waals surface area contributed by atoms with Crippen molar-refractivity contribution < 1.29 is 4.79 Å². The molecule has 0 bridgehead atoms. The number of nitrogens with zero attached hydrogens (tertiary/aromatic N) is 2. The van der Waals surface area contributed by atoms with Gasteiger partial charge in [0.25, 0.3) is 0 Å². The smallest absolute Gasteiger partial charge is 0.234 e. The van der Waals surface area contributed by atoms with Crippen LogP contribution in [0.25, 0.3) is 0 Å². The topological polar surface area (TPSA) is 57.3 Å². The van der Waals surface area contributed by atoms with Crippen LogP contribution in [0, 0.1) is 0 Å². The Balaban J connectivity index is 1.73. The van der Waals surface area contributed by atoms with Crippen LogP contribution < -0.4 is 15.5 Å². The van der Waals surface area contributed by atoms with E-state index in [0.29, 0.717) is 6.54 Å². The van der Waals surface area contributed by atoms with Crippen LogP contribution in [-0.4, -0.2) is 42.1 Å². The zero-order chi connectivity index (χ0) is 15.3. The Morgan fingerprint density at radius 1 is 1.33 bits per heavy atom. The van der Waals surface area contributed by atoms with E-state index < -0.39 is 0 Å². The number of hydrogen-bond donors (Lipinski definition) is 2. The Bertz CT molecular complexity index is 447. The maximum Gasteiger partial charge on any atom is 0.234 e. The minimum Gasteiger partial charge on any atom is -0.356 e. The second-order valence-corrected chi connectivity index (χ2v) is 6.62. The Hall–Kier alpha value is -1.62. The molecule has 0 aromatic carbocycles. The highest BCUT2D eigenvalue weighted by Gasteiger charge is 2.21. The van der Waals surface area contributed by atoms with Gasteiger partial charge < -0.3 is 15.5 Å². The van der Waals surface area contributed by atoms with Crippen molar-refractivity contribution in [2.24, 2.45) is 0 Å². The predicted octanol–water partition coefficient (Wildman–Crippen LogP) is 1.55. The van der Waals surface area contributed by atoms with Crippen molar-refractivity contribution in [3.05, 3.63) is 24.4 Å². The Morgan fingerprint density at radius 2 is 2.05 bits per heavy atom. The van der Waals surface area contributed by atoms with Crippen LogP contribution in [0.1, 0.15) is 33.6 Å². The van der Waals surface area contributed by atoms with Gasteiger partial charge in [-0.25, -0.2) is 4.98 Å². The molecule has 2 rings (SSSR count). The van der Waals surface area contributed by atoms with E-state index in [1.54, 1.807) is 0 Å². The molecule has 0 radical (unpaired) electrons. The van der Waals surface area contributed by atoms with Gasteiger partial charge in [-0.15, -0.1) is 0 Å². The van der Waals surface area contributed by atoms with Crippen molar-refractivity contribution in [2.75, 3.05) is 24.5 Å². The number of carbonyl (C=O) groups excluding carboxylic acids is 1. The molecule has 1 aliphatic rings. The van der Waals surface area contributed by atoms with E-state index >= 15 is 0 Å². The fraction of sp³-hybridized carbons (Fsp3) is 0.625. The quantitative estimate of drug-likeness (QED) is 0.883. The second kappa shape index (κ2) is 6.89. The first-order valence-corrected chi connectivity index (χ1v) is 7.64. The van der Waals surface area contributed by atoms with Crippen molar-refractivity contribution >= 4 is 11.7 Å². The Morgan fingerprint density at radius 3 is 2.62 bits per heavy atom. The van der Waals surface area contributed by atoms with Gasteiger partial charge in [0.2, 0.25) is 5.91 Å². The van der Waals surface area contributed by atoms with Gasteiger partial charge in [-0.2, -0.15) is 0 Å². The maximum atomic E-state index is 11.9. The molecule has 0 saturated carbocycles. The Kier molecular flexibility index (Phi) is 5.17. The van der Waals surface area contributed by atoms with Crippen LogP contribution in [0.15, 0.2) is 24.4 Å². The molecule has 0 spiro atoms. The van der Waals surface area contributed by atoms with Crippen LogP contribution in [0.3, 0.4) is 0 Å². The lowest BCUT2D eigenvalue weighted by Gasteiger charge is -2.33. The van der Waals surface area contributed by atoms with E-state index in [9.17, 15) is 4.79 Å². The van der Waals surface area contributed by atoms with Gasteiger partial charge in [-0.05, 0) is 45.7 Å². The van der Waals surface area contributed by atoms with Crippen LogP contribution in [-0.2, 0) is 4.79 Å². The van der Waals surface area contributed by atoms with E-state index in [1.165, 1.54) is 0 Å². The number of piperidine rings is 1. The summed E-state index contributed by atoms with van der Waals surface area (Å²) in [4.78, 5) is 18.6. The third-order valence-electron chi connectivity index (χ3n) is 3.61. The molecule has 1 aromatic heterocycles. The lowest BCUT2D eigenvalue weighted by molar-refractivity contribution is -0.121. The molecule has 0 aliphatic carbocycles. The van der Waals surface area contributed by atoms with Gasteiger partial charge >= 0.3 is 0 Å². The number of aromatic nitrogens is 1. The third kappa shape index (κ3) is 5.34. The van der Waals surface area contributed by atoms with Gasteiger partial charge in [0.05, 0.1) is 6.54 Å². The molecule has 1 saturated heterocycles. The number of amides is 1. The van der Waals surface area contributed by atoms with Gasteiger partial charge in [0.15, 0.2) is 0 Å². The summed E-state index contributed by atoms with van der Waals surface area (Å²) in [6, 6.07) is 6.25. The number of carbonyl (C=O) groups is 1. The summed E-state index contributed by atoms with van der Waals surface area (Å²) in [6.45, 7) is 8.44. The fourth-order valence-corrected chi connectivity index (χ4v) is 2.42. The van der Waals surface area contributed by atoms with Crippen LogP contribution >= 0.6 is 0 Å². The summed E-state index contributed by atoms with van der Waals surface area (Å²) in [6.07, 6.45) is 3.76. The van der Waals surface area contributed by atoms with Crippen LogP contribution in [0.2, 0.25) is 0 Å². The minimum atomic E-state index is -0.0281. The molecule has 0 atom stereocenters. The van der Waals surface area contributed by atoms with E-state index in [2.05, 4.69) is 41.3 Å². The molecule has 1 aromatic rings. The number of pyridine rings is 1. The van der Waals surface area contributed by atoms with Crippen LogP contribution in [0.4, 0.5) is 5.82 Å². The summed E-state index contributed by atoms with van der Waals surface area (Å²) < 4.78 is 0. The lowest BCUT2D eigenvalue weighted by Crippen LogP contribution is -2.49. The Labute approximate surface area is 127 Å². The van der Waals surface area contributed by atoms with E-state index in [4.69, 9.17) is 0 Å². The van der Waals surface area contributed by atoms with Gasteiger partial charge in [0.1, 0.15) is 5.82 Å². The second-order valence-electron chi connectivity index (χ2n) is 6.62. The van der Waals surface area contributed by atoms with Crippen molar-refractivity contribution in [2.45, 2.75) is 45.2 Å².